The van der Waals surface area contributed by atoms with E-state index in [1.165, 1.54) is 25.7 Å². The zero-order chi connectivity index (χ0) is 18.4. The van der Waals surface area contributed by atoms with Crippen LogP contribution in [0.3, 0.4) is 0 Å². The van der Waals surface area contributed by atoms with Crippen LogP contribution in [0.25, 0.3) is 0 Å². The zero-order valence-electron chi connectivity index (χ0n) is 15.6. The molecule has 6 heteroatoms. The molecular formula is C19H36O6. The molecule has 1 N–H and O–H groups in total. The Kier molecular flexibility index (Phi) is 20.3. The number of aliphatic hydroxyl groups is 1. The van der Waals surface area contributed by atoms with Gasteiger partial charge in [0.15, 0.2) is 0 Å². The Morgan fingerprint density at radius 3 is 1.88 bits per heavy atom. The fraction of sp³-hybridized carbons (Fsp3) is 0.842. The van der Waals surface area contributed by atoms with Crippen LogP contribution < -0.4 is 0 Å². The van der Waals surface area contributed by atoms with E-state index in [1.54, 1.807) is 0 Å². The van der Waals surface area contributed by atoms with Gasteiger partial charge in [-0.25, -0.2) is 0 Å². The van der Waals surface area contributed by atoms with Gasteiger partial charge in [0.2, 0.25) is 0 Å². The summed E-state index contributed by atoms with van der Waals surface area (Å²) in [4.78, 5) is 11.5. The van der Waals surface area contributed by atoms with Crippen molar-refractivity contribution in [3.05, 3.63) is 12.7 Å². The standard InChI is InChI=1S/C19H36O6/c1-2-3-4-5-6-7-8-9-10-19(21)25-18-17-24-16-15-23-14-13-22-12-11-20/h2,20H,1,3-18H2. The minimum absolute atomic E-state index is 0.0257. The summed E-state index contributed by atoms with van der Waals surface area (Å²) in [7, 11) is 0. The van der Waals surface area contributed by atoms with Gasteiger partial charge in [0.25, 0.3) is 0 Å². The van der Waals surface area contributed by atoms with Gasteiger partial charge in [-0.05, 0) is 19.3 Å². The number of esters is 1. The number of aliphatic hydroxyl groups excluding tert-OH is 1. The molecule has 0 radical (unpaired) electrons. The van der Waals surface area contributed by atoms with Crippen LogP contribution in [0.5, 0.6) is 0 Å². The van der Waals surface area contributed by atoms with Crippen LogP contribution >= 0.6 is 0 Å². The molecule has 0 spiro atoms. The van der Waals surface area contributed by atoms with Crippen molar-refractivity contribution in [3.8, 4) is 0 Å². The Balaban J connectivity index is 3.14. The molecule has 0 aliphatic carbocycles. The SMILES string of the molecule is C=CCCCCCCCCC(=O)OCCOCCOCCOCCO. The third-order valence-electron chi connectivity index (χ3n) is 3.51. The van der Waals surface area contributed by atoms with E-state index in [0.717, 1.165) is 19.3 Å². The largest absolute Gasteiger partial charge is 0.463 e. The second-order valence-corrected chi connectivity index (χ2v) is 5.73. The van der Waals surface area contributed by atoms with Crippen molar-refractivity contribution in [1.82, 2.24) is 0 Å². The summed E-state index contributed by atoms with van der Waals surface area (Å²) in [5.41, 5.74) is 0. The number of allylic oxidation sites excluding steroid dienone is 1. The summed E-state index contributed by atoms with van der Waals surface area (Å²) in [6, 6.07) is 0. The van der Waals surface area contributed by atoms with Crippen molar-refractivity contribution >= 4 is 5.97 Å². The second-order valence-electron chi connectivity index (χ2n) is 5.73. The van der Waals surface area contributed by atoms with E-state index < -0.39 is 0 Å². The average molecular weight is 360 g/mol. The molecule has 0 aliphatic heterocycles. The highest BCUT2D eigenvalue weighted by Crippen LogP contribution is 2.09. The number of rotatable bonds is 20. The van der Waals surface area contributed by atoms with E-state index in [1.807, 2.05) is 6.08 Å². The fourth-order valence-electron chi connectivity index (χ4n) is 2.16. The predicted octanol–water partition coefficient (Wildman–Crippen LogP) is 2.88. The molecule has 6 nitrogen and oxygen atoms in total. The van der Waals surface area contributed by atoms with Gasteiger partial charge in [0.1, 0.15) is 6.61 Å². The van der Waals surface area contributed by atoms with Gasteiger partial charge >= 0.3 is 5.97 Å². The molecule has 0 saturated carbocycles. The van der Waals surface area contributed by atoms with Gasteiger partial charge in [0, 0.05) is 6.42 Å². The Labute approximate surface area is 152 Å². The van der Waals surface area contributed by atoms with Crippen LogP contribution in [0.2, 0.25) is 0 Å². The van der Waals surface area contributed by atoms with Gasteiger partial charge in [-0.3, -0.25) is 4.79 Å². The molecule has 0 saturated heterocycles. The Bertz CT molecular complexity index is 296. The lowest BCUT2D eigenvalue weighted by Gasteiger charge is -2.07. The van der Waals surface area contributed by atoms with E-state index >= 15 is 0 Å². The molecule has 25 heavy (non-hydrogen) atoms. The van der Waals surface area contributed by atoms with E-state index in [0.29, 0.717) is 52.7 Å². The normalized spacial score (nSPS) is 10.8. The van der Waals surface area contributed by atoms with E-state index in [4.69, 9.17) is 24.1 Å². The molecule has 0 rings (SSSR count). The Morgan fingerprint density at radius 1 is 0.760 bits per heavy atom. The van der Waals surface area contributed by atoms with Gasteiger partial charge in [-0.2, -0.15) is 0 Å². The molecule has 0 bridgehead atoms. The van der Waals surface area contributed by atoms with Crippen LogP contribution in [0, 0.1) is 0 Å². The maximum atomic E-state index is 11.5. The number of carbonyl (C=O) groups excluding carboxylic acids is 1. The zero-order valence-corrected chi connectivity index (χ0v) is 15.6. The maximum Gasteiger partial charge on any atom is 0.305 e. The quantitative estimate of drug-likeness (QED) is 0.204. The van der Waals surface area contributed by atoms with Crippen LogP contribution in [0.15, 0.2) is 12.7 Å². The molecule has 0 aromatic heterocycles. The molecule has 0 aliphatic rings. The third-order valence-corrected chi connectivity index (χ3v) is 3.51. The predicted molar refractivity (Wildman–Crippen MR) is 97.6 cm³/mol. The molecule has 0 amide bonds. The summed E-state index contributed by atoms with van der Waals surface area (Å²) in [5.74, 6) is -0.146. The van der Waals surface area contributed by atoms with Crippen molar-refractivity contribution in [1.29, 1.82) is 0 Å². The minimum Gasteiger partial charge on any atom is -0.463 e. The fourth-order valence-corrected chi connectivity index (χ4v) is 2.16. The molecule has 0 heterocycles. The van der Waals surface area contributed by atoms with Crippen molar-refractivity contribution in [2.24, 2.45) is 0 Å². The third kappa shape index (κ3) is 21.0. The van der Waals surface area contributed by atoms with Crippen LogP contribution in [0.4, 0.5) is 0 Å². The Hall–Kier alpha value is -0.950. The first-order valence-electron chi connectivity index (χ1n) is 9.42. The number of hydrogen-bond donors (Lipinski definition) is 1. The van der Waals surface area contributed by atoms with Crippen LogP contribution in [0.1, 0.15) is 51.4 Å². The van der Waals surface area contributed by atoms with Gasteiger partial charge in [-0.15, -0.1) is 6.58 Å². The lowest BCUT2D eigenvalue weighted by Crippen LogP contribution is -2.14. The topological polar surface area (TPSA) is 74.2 Å². The van der Waals surface area contributed by atoms with Gasteiger partial charge in [0.05, 0.1) is 46.2 Å². The monoisotopic (exact) mass is 360 g/mol. The van der Waals surface area contributed by atoms with E-state index in [2.05, 4.69) is 6.58 Å². The van der Waals surface area contributed by atoms with Crippen LogP contribution in [-0.4, -0.2) is 63.9 Å². The molecule has 0 atom stereocenters. The second kappa shape index (κ2) is 21.1. The molecular weight excluding hydrogens is 324 g/mol. The summed E-state index contributed by atoms with van der Waals surface area (Å²) in [6.45, 7) is 6.63. The smallest absolute Gasteiger partial charge is 0.305 e. The first kappa shape index (κ1) is 24.1. The molecule has 0 aromatic carbocycles. The van der Waals surface area contributed by atoms with Crippen LogP contribution in [-0.2, 0) is 23.7 Å². The summed E-state index contributed by atoms with van der Waals surface area (Å²) in [5, 5.41) is 8.51. The number of unbranched alkanes of at least 4 members (excludes halogenated alkanes) is 6. The van der Waals surface area contributed by atoms with Crippen molar-refractivity contribution in [2.75, 3.05) is 52.9 Å². The van der Waals surface area contributed by atoms with E-state index in [9.17, 15) is 4.79 Å². The summed E-state index contributed by atoms with van der Waals surface area (Å²) >= 11 is 0. The van der Waals surface area contributed by atoms with Gasteiger partial charge < -0.3 is 24.1 Å². The molecule has 0 aromatic rings. The number of hydrogen-bond acceptors (Lipinski definition) is 6. The molecule has 0 fully saturated rings. The lowest BCUT2D eigenvalue weighted by atomic mass is 10.1. The average Bonchev–Trinajstić information content (AvgIpc) is 2.62. The first-order chi connectivity index (χ1) is 12.3. The first-order valence-corrected chi connectivity index (χ1v) is 9.42. The highest BCUT2D eigenvalue weighted by molar-refractivity contribution is 5.69. The van der Waals surface area contributed by atoms with E-state index in [-0.39, 0.29) is 12.6 Å². The molecule has 0 unspecified atom stereocenters. The van der Waals surface area contributed by atoms with Crippen molar-refractivity contribution < 1.29 is 28.8 Å². The molecule has 148 valence electrons. The maximum absolute atomic E-state index is 11.5. The Morgan fingerprint density at radius 2 is 1.28 bits per heavy atom. The van der Waals surface area contributed by atoms with Crippen molar-refractivity contribution in [2.45, 2.75) is 51.4 Å². The highest BCUT2D eigenvalue weighted by Gasteiger charge is 2.02. The van der Waals surface area contributed by atoms with Gasteiger partial charge in [-0.1, -0.05) is 31.8 Å². The number of carbonyl (C=O) groups is 1. The summed E-state index contributed by atoms with van der Waals surface area (Å²) in [6.07, 6.45) is 10.4. The van der Waals surface area contributed by atoms with Crippen molar-refractivity contribution in [3.63, 3.8) is 0 Å². The number of ether oxygens (including phenoxy) is 4. The lowest BCUT2D eigenvalue weighted by molar-refractivity contribution is -0.145. The highest BCUT2D eigenvalue weighted by atomic mass is 16.6. The minimum atomic E-state index is -0.146. The summed E-state index contributed by atoms with van der Waals surface area (Å²) < 4.78 is 20.7.